The summed E-state index contributed by atoms with van der Waals surface area (Å²) in [7, 11) is 0. The first-order chi connectivity index (χ1) is 12.8. The van der Waals surface area contributed by atoms with Crippen molar-refractivity contribution in [3.63, 3.8) is 0 Å². The summed E-state index contributed by atoms with van der Waals surface area (Å²) in [5, 5.41) is 15.3. The first-order valence-corrected chi connectivity index (χ1v) is 8.51. The van der Waals surface area contributed by atoms with Gasteiger partial charge < -0.3 is 10.2 Å². The summed E-state index contributed by atoms with van der Waals surface area (Å²) in [5.74, 6) is 0.989. The van der Waals surface area contributed by atoms with E-state index in [1.54, 1.807) is 18.5 Å². The normalized spacial score (nSPS) is 16.6. The third-order valence-electron chi connectivity index (χ3n) is 4.42. The highest BCUT2D eigenvalue weighted by Gasteiger charge is 2.26. The maximum Gasteiger partial charge on any atom is 0.255 e. The molecule has 0 fully saturated rings. The Morgan fingerprint density at radius 3 is 2.88 bits per heavy atom. The Morgan fingerprint density at radius 2 is 2.08 bits per heavy atom. The molecule has 4 heterocycles. The molecule has 0 spiro atoms. The van der Waals surface area contributed by atoms with Gasteiger partial charge in [-0.1, -0.05) is 6.07 Å². The van der Waals surface area contributed by atoms with Crippen LogP contribution in [0.5, 0.6) is 0 Å². The van der Waals surface area contributed by atoms with E-state index in [2.05, 4.69) is 25.6 Å². The third kappa shape index (κ3) is 3.53. The lowest BCUT2D eigenvalue weighted by Crippen LogP contribution is -2.36. The molecule has 0 unspecified atom stereocenters. The maximum absolute atomic E-state index is 12.9. The molecule has 1 N–H and O–H groups in total. The highest BCUT2D eigenvalue weighted by atomic mass is 16.2. The number of rotatable bonds is 4. The van der Waals surface area contributed by atoms with Crippen molar-refractivity contribution in [1.29, 1.82) is 0 Å². The largest absolute Gasteiger partial charge is 0.370 e. The fraction of sp³-hybridized carbons (Fsp3) is 0.278. The standard InChI is InChI=1S/C18H19N7O/c26-18(15-4-7-21-22-10-15)24-11-14(9-20-17-3-1-2-6-19-17)12-25-16(13-24)5-8-23-25/h1-8,10,14H,9,11-13H2,(H,19,20)/t14-/m0/s1. The Hall–Kier alpha value is -3.29. The van der Waals surface area contributed by atoms with Crippen LogP contribution < -0.4 is 5.32 Å². The topological polar surface area (TPSA) is 88.8 Å². The Kier molecular flexibility index (Phi) is 4.55. The molecule has 26 heavy (non-hydrogen) atoms. The molecule has 3 aromatic rings. The Morgan fingerprint density at radius 1 is 1.12 bits per heavy atom. The predicted molar refractivity (Wildman–Crippen MR) is 95.2 cm³/mol. The van der Waals surface area contributed by atoms with Crippen molar-refractivity contribution in [3.8, 4) is 0 Å². The van der Waals surface area contributed by atoms with E-state index in [1.165, 1.54) is 12.4 Å². The number of nitrogens with zero attached hydrogens (tertiary/aromatic N) is 6. The molecule has 1 amide bonds. The van der Waals surface area contributed by atoms with E-state index in [1.807, 2.05) is 33.8 Å². The minimum atomic E-state index is -0.0441. The molecule has 8 heteroatoms. The summed E-state index contributed by atoms with van der Waals surface area (Å²) in [5.41, 5.74) is 1.57. The van der Waals surface area contributed by atoms with Gasteiger partial charge in [0, 0.05) is 37.9 Å². The molecule has 0 saturated heterocycles. The molecular weight excluding hydrogens is 330 g/mol. The average molecular weight is 349 g/mol. The summed E-state index contributed by atoms with van der Waals surface area (Å²) in [6.07, 6.45) is 6.58. The van der Waals surface area contributed by atoms with Crippen molar-refractivity contribution in [1.82, 2.24) is 29.9 Å². The van der Waals surface area contributed by atoms with Crippen molar-refractivity contribution in [2.45, 2.75) is 13.1 Å². The second-order valence-electron chi connectivity index (χ2n) is 6.28. The first kappa shape index (κ1) is 16.2. The number of hydrogen-bond acceptors (Lipinski definition) is 6. The van der Waals surface area contributed by atoms with Gasteiger partial charge in [0.25, 0.3) is 5.91 Å². The number of carbonyl (C=O) groups is 1. The van der Waals surface area contributed by atoms with Crippen LogP contribution in [0.4, 0.5) is 5.82 Å². The quantitative estimate of drug-likeness (QED) is 0.767. The van der Waals surface area contributed by atoms with Gasteiger partial charge >= 0.3 is 0 Å². The Labute approximate surface area is 150 Å². The van der Waals surface area contributed by atoms with Crippen LogP contribution in [-0.4, -0.2) is 48.9 Å². The van der Waals surface area contributed by atoms with E-state index in [0.29, 0.717) is 25.2 Å². The van der Waals surface area contributed by atoms with E-state index in [-0.39, 0.29) is 11.8 Å². The number of anilines is 1. The van der Waals surface area contributed by atoms with Gasteiger partial charge in [-0.25, -0.2) is 4.98 Å². The van der Waals surface area contributed by atoms with Crippen LogP contribution in [0.25, 0.3) is 0 Å². The van der Waals surface area contributed by atoms with Crippen molar-refractivity contribution < 1.29 is 4.79 Å². The van der Waals surface area contributed by atoms with Crippen LogP contribution in [0.3, 0.4) is 0 Å². The minimum Gasteiger partial charge on any atom is -0.370 e. The molecule has 4 rings (SSSR count). The number of carbonyl (C=O) groups excluding carboxylic acids is 1. The van der Waals surface area contributed by atoms with Gasteiger partial charge in [0.2, 0.25) is 0 Å². The maximum atomic E-state index is 12.9. The van der Waals surface area contributed by atoms with Gasteiger partial charge in [-0.05, 0) is 24.3 Å². The fourth-order valence-electron chi connectivity index (χ4n) is 3.13. The summed E-state index contributed by atoms with van der Waals surface area (Å²) in [4.78, 5) is 19.0. The van der Waals surface area contributed by atoms with E-state index < -0.39 is 0 Å². The zero-order valence-corrected chi connectivity index (χ0v) is 14.2. The highest BCUT2D eigenvalue weighted by molar-refractivity contribution is 5.93. The molecule has 1 atom stereocenters. The Balaban J connectivity index is 1.53. The monoisotopic (exact) mass is 349 g/mol. The number of fused-ring (bicyclic) bond motifs is 1. The SMILES string of the molecule is O=C(c1ccnnc1)N1Cc2ccnn2C[C@@H](CNc2ccccn2)C1. The smallest absolute Gasteiger partial charge is 0.255 e. The number of amides is 1. The minimum absolute atomic E-state index is 0.0441. The number of aromatic nitrogens is 5. The molecule has 0 aliphatic carbocycles. The summed E-state index contributed by atoms with van der Waals surface area (Å²) < 4.78 is 1.98. The van der Waals surface area contributed by atoms with Gasteiger partial charge in [0.1, 0.15) is 5.82 Å². The molecule has 0 aromatic carbocycles. The van der Waals surface area contributed by atoms with Crippen molar-refractivity contribution in [2.24, 2.45) is 5.92 Å². The summed E-state index contributed by atoms with van der Waals surface area (Å²) in [6, 6.07) is 9.41. The van der Waals surface area contributed by atoms with Crippen LogP contribution in [-0.2, 0) is 13.1 Å². The van der Waals surface area contributed by atoms with Gasteiger partial charge in [-0.15, -0.1) is 0 Å². The lowest BCUT2D eigenvalue weighted by molar-refractivity contribution is 0.0723. The summed E-state index contributed by atoms with van der Waals surface area (Å²) in [6.45, 7) is 2.61. The molecule has 3 aromatic heterocycles. The fourth-order valence-corrected chi connectivity index (χ4v) is 3.13. The molecule has 132 valence electrons. The second-order valence-corrected chi connectivity index (χ2v) is 6.28. The molecule has 0 radical (unpaired) electrons. The van der Waals surface area contributed by atoms with Crippen LogP contribution in [0.15, 0.2) is 55.1 Å². The third-order valence-corrected chi connectivity index (χ3v) is 4.42. The molecule has 1 aliphatic heterocycles. The number of pyridine rings is 1. The zero-order valence-electron chi connectivity index (χ0n) is 14.2. The van der Waals surface area contributed by atoms with Crippen LogP contribution in [0.1, 0.15) is 16.1 Å². The molecule has 8 nitrogen and oxygen atoms in total. The van der Waals surface area contributed by atoms with E-state index in [9.17, 15) is 4.79 Å². The number of hydrogen-bond donors (Lipinski definition) is 1. The van der Waals surface area contributed by atoms with Crippen LogP contribution in [0, 0.1) is 5.92 Å². The first-order valence-electron chi connectivity index (χ1n) is 8.51. The zero-order chi connectivity index (χ0) is 17.8. The molecular formula is C18H19N7O. The van der Waals surface area contributed by atoms with Gasteiger partial charge in [0.05, 0.1) is 30.2 Å². The van der Waals surface area contributed by atoms with Crippen molar-refractivity contribution in [2.75, 3.05) is 18.4 Å². The van der Waals surface area contributed by atoms with Crippen molar-refractivity contribution in [3.05, 3.63) is 66.4 Å². The molecule has 0 bridgehead atoms. The highest BCUT2D eigenvalue weighted by Crippen LogP contribution is 2.18. The molecule has 1 aliphatic rings. The molecule has 0 saturated carbocycles. The lowest BCUT2D eigenvalue weighted by Gasteiger charge is -2.24. The number of nitrogens with one attached hydrogen (secondary N) is 1. The summed E-state index contributed by atoms with van der Waals surface area (Å²) >= 11 is 0. The van der Waals surface area contributed by atoms with E-state index in [4.69, 9.17) is 0 Å². The van der Waals surface area contributed by atoms with E-state index >= 15 is 0 Å². The lowest BCUT2D eigenvalue weighted by atomic mass is 10.1. The van der Waals surface area contributed by atoms with Gasteiger partial charge in [-0.2, -0.15) is 15.3 Å². The second kappa shape index (κ2) is 7.30. The van der Waals surface area contributed by atoms with Gasteiger partial charge in [0.15, 0.2) is 0 Å². The van der Waals surface area contributed by atoms with E-state index in [0.717, 1.165) is 18.1 Å². The van der Waals surface area contributed by atoms with Gasteiger partial charge in [-0.3, -0.25) is 9.48 Å². The predicted octanol–water partition coefficient (Wildman–Crippen LogP) is 1.45. The van der Waals surface area contributed by atoms with Crippen LogP contribution >= 0.6 is 0 Å². The Bertz CT molecular complexity index is 866. The average Bonchev–Trinajstić information content (AvgIpc) is 3.05. The van der Waals surface area contributed by atoms with Crippen LogP contribution in [0.2, 0.25) is 0 Å². The van der Waals surface area contributed by atoms with Crippen molar-refractivity contribution >= 4 is 11.7 Å².